The Morgan fingerprint density at radius 2 is 2.30 bits per heavy atom. The van der Waals surface area contributed by atoms with Gasteiger partial charge in [-0.1, -0.05) is 6.92 Å². The fourth-order valence-electron chi connectivity index (χ4n) is 1.13. The van der Waals surface area contributed by atoms with Gasteiger partial charge in [0.05, 0.1) is 0 Å². The van der Waals surface area contributed by atoms with E-state index >= 15 is 0 Å². The number of alkyl halides is 2. The first kappa shape index (κ1) is 7.63. The van der Waals surface area contributed by atoms with E-state index in [4.69, 9.17) is 0 Å². The van der Waals surface area contributed by atoms with Crippen molar-refractivity contribution in [3.05, 3.63) is 0 Å². The summed E-state index contributed by atoms with van der Waals surface area (Å²) in [6, 6.07) is 0. The van der Waals surface area contributed by atoms with Crippen LogP contribution in [-0.2, 0) is 4.79 Å². The normalized spacial score (nSPS) is 30.8. The van der Waals surface area contributed by atoms with Gasteiger partial charge in [0.1, 0.15) is 5.78 Å². The second-order valence-electron chi connectivity index (χ2n) is 2.66. The SMILES string of the molecule is CCC(=O)[C@H]1C[C@H]1C(F)F. The zero-order valence-corrected chi connectivity index (χ0v) is 5.81. The van der Waals surface area contributed by atoms with E-state index < -0.39 is 12.3 Å². The van der Waals surface area contributed by atoms with Crippen LogP contribution < -0.4 is 0 Å². The Bertz CT molecular complexity index is 145. The van der Waals surface area contributed by atoms with E-state index in [0.29, 0.717) is 12.8 Å². The van der Waals surface area contributed by atoms with Gasteiger partial charge >= 0.3 is 0 Å². The number of halogens is 2. The van der Waals surface area contributed by atoms with Crippen molar-refractivity contribution in [1.82, 2.24) is 0 Å². The van der Waals surface area contributed by atoms with Crippen LogP contribution >= 0.6 is 0 Å². The first-order valence-corrected chi connectivity index (χ1v) is 3.47. The summed E-state index contributed by atoms with van der Waals surface area (Å²) in [6.45, 7) is 1.71. The molecular weight excluding hydrogens is 138 g/mol. The number of ketones is 1. The highest BCUT2D eigenvalue weighted by molar-refractivity contribution is 5.83. The Kier molecular flexibility index (Phi) is 2.02. The van der Waals surface area contributed by atoms with Crippen LogP contribution in [0.25, 0.3) is 0 Å². The van der Waals surface area contributed by atoms with Gasteiger partial charge in [-0.2, -0.15) is 0 Å². The van der Waals surface area contributed by atoms with Crippen LogP contribution in [0.2, 0.25) is 0 Å². The minimum Gasteiger partial charge on any atom is -0.299 e. The minimum absolute atomic E-state index is 0.00898. The Hall–Kier alpha value is -0.470. The summed E-state index contributed by atoms with van der Waals surface area (Å²) in [4.78, 5) is 10.8. The van der Waals surface area contributed by atoms with Crippen molar-refractivity contribution in [3.8, 4) is 0 Å². The molecule has 0 aromatic heterocycles. The molecule has 0 aliphatic heterocycles. The van der Waals surface area contributed by atoms with Crippen LogP contribution in [0.4, 0.5) is 8.78 Å². The van der Waals surface area contributed by atoms with E-state index in [1.165, 1.54) is 0 Å². The van der Waals surface area contributed by atoms with Crippen molar-refractivity contribution in [2.24, 2.45) is 11.8 Å². The molecule has 0 saturated heterocycles. The van der Waals surface area contributed by atoms with E-state index in [0.717, 1.165) is 0 Å². The van der Waals surface area contributed by atoms with Crippen molar-refractivity contribution < 1.29 is 13.6 Å². The van der Waals surface area contributed by atoms with Gasteiger partial charge in [-0.15, -0.1) is 0 Å². The summed E-state index contributed by atoms with van der Waals surface area (Å²) in [5, 5.41) is 0. The summed E-state index contributed by atoms with van der Waals surface area (Å²) in [5.74, 6) is -0.942. The van der Waals surface area contributed by atoms with Crippen LogP contribution in [0.5, 0.6) is 0 Å². The molecule has 1 nitrogen and oxygen atoms in total. The molecule has 0 aromatic rings. The summed E-state index contributed by atoms with van der Waals surface area (Å²) >= 11 is 0. The molecular formula is C7H10F2O. The van der Waals surface area contributed by atoms with Crippen molar-refractivity contribution in [2.45, 2.75) is 26.2 Å². The third kappa shape index (κ3) is 1.33. The molecule has 0 radical (unpaired) electrons. The van der Waals surface area contributed by atoms with Crippen molar-refractivity contribution in [3.63, 3.8) is 0 Å². The maximum atomic E-state index is 11.8. The molecule has 2 atom stereocenters. The Balaban J connectivity index is 2.31. The van der Waals surface area contributed by atoms with Gasteiger partial charge in [0, 0.05) is 18.3 Å². The predicted molar refractivity (Wildman–Crippen MR) is 32.9 cm³/mol. The molecule has 0 heterocycles. The zero-order chi connectivity index (χ0) is 7.72. The fourth-order valence-corrected chi connectivity index (χ4v) is 1.13. The highest BCUT2D eigenvalue weighted by Crippen LogP contribution is 2.44. The molecule has 0 amide bonds. The fraction of sp³-hybridized carbons (Fsp3) is 0.857. The third-order valence-corrected chi connectivity index (χ3v) is 1.93. The minimum atomic E-state index is -2.29. The zero-order valence-electron chi connectivity index (χ0n) is 5.81. The van der Waals surface area contributed by atoms with Crippen LogP contribution in [-0.4, -0.2) is 12.2 Å². The number of hydrogen-bond acceptors (Lipinski definition) is 1. The number of hydrogen-bond donors (Lipinski definition) is 0. The first-order chi connectivity index (χ1) is 4.66. The molecule has 0 spiro atoms. The van der Waals surface area contributed by atoms with Gasteiger partial charge in [0.15, 0.2) is 0 Å². The van der Waals surface area contributed by atoms with Crippen LogP contribution in [0.1, 0.15) is 19.8 Å². The average molecular weight is 148 g/mol. The van der Waals surface area contributed by atoms with Gasteiger partial charge < -0.3 is 0 Å². The molecule has 0 bridgehead atoms. The van der Waals surface area contributed by atoms with E-state index in [2.05, 4.69) is 0 Å². The lowest BCUT2D eigenvalue weighted by atomic mass is 10.2. The summed E-state index contributed by atoms with van der Waals surface area (Å²) in [7, 11) is 0. The highest BCUT2D eigenvalue weighted by atomic mass is 19.3. The molecule has 10 heavy (non-hydrogen) atoms. The second-order valence-corrected chi connectivity index (χ2v) is 2.66. The van der Waals surface area contributed by atoms with E-state index in [9.17, 15) is 13.6 Å². The van der Waals surface area contributed by atoms with Crippen LogP contribution in [0.15, 0.2) is 0 Å². The topological polar surface area (TPSA) is 17.1 Å². The largest absolute Gasteiger partial charge is 0.299 e. The Labute approximate surface area is 58.4 Å². The number of rotatable bonds is 3. The first-order valence-electron chi connectivity index (χ1n) is 3.47. The lowest BCUT2D eigenvalue weighted by molar-refractivity contribution is -0.120. The standard InChI is InChI=1S/C7H10F2O/c1-2-6(10)4-3-5(4)7(8)9/h4-5,7H,2-3H2,1H3/t4-,5+/m0/s1. The lowest BCUT2D eigenvalue weighted by Gasteiger charge is -1.94. The smallest absolute Gasteiger partial charge is 0.242 e. The molecule has 0 unspecified atom stereocenters. The quantitative estimate of drug-likeness (QED) is 0.597. The van der Waals surface area contributed by atoms with Gasteiger partial charge in [-0.25, -0.2) is 8.78 Å². The Morgan fingerprint density at radius 3 is 2.60 bits per heavy atom. The number of Topliss-reactive ketones (excluding diaryl/α,β-unsaturated/α-hetero) is 1. The summed E-state index contributed by atoms with van der Waals surface area (Å²) in [6.07, 6.45) is -1.49. The molecule has 3 heteroatoms. The van der Waals surface area contributed by atoms with E-state index in [1.807, 2.05) is 0 Å². The maximum absolute atomic E-state index is 11.8. The van der Waals surface area contributed by atoms with Crippen molar-refractivity contribution in [2.75, 3.05) is 0 Å². The molecule has 1 fully saturated rings. The molecule has 58 valence electrons. The van der Waals surface area contributed by atoms with Crippen molar-refractivity contribution >= 4 is 5.78 Å². The van der Waals surface area contributed by atoms with E-state index in [-0.39, 0.29) is 11.7 Å². The maximum Gasteiger partial charge on any atom is 0.242 e. The number of carbonyl (C=O) groups is 1. The monoisotopic (exact) mass is 148 g/mol. The van der Waals surface area contributed by atoms with Crippen LogP contribution in [0, 0.1) is 11.8 Å². The highest BCUT2D eigenvalue weighted by Gasteiger charge is 2.47. The van der Waals surface area contributed by atoms with Gasteiger partial charge in [-0.3, -0.25) is 4.79 Å². The van der Waals surface area contributed by atoms with Crippen LogP contribution in [0.3, 0.4) is 0 Å². The molecule has 1 aliphatic carbocycles. The Morgan fingerprint density at radius 1 is 1.70 bits per heavy atom. The average Bonchev–Trinajstić information content (AvgIpc) is 2.64. The molecule has 0 aromatic carbocycles. The molecule has 1 saturated carbocycles. The van der Waals surface area contributed by atoms with Crippen molar-refractivity contribution in [1.29, 1.82) is 0 Å². The summed E-state index contributed by atoms with van der Waals surface area (Å²) < 4.78 is 23.6. The van der Waals surface area contributed by atoms with Gasteiger partial charge in [0.25, 0.3) is 0 Å². The third-order valence-electron chi connectivity index (χ3n) is 1.93. The lowest BCUT2D eigenvalue weighted by Crippen LogP contribution is -2.04. The number of carbonyl (C=O) groups excluding carboxylic acids is 1. The van der Waals surface area contributed by atoms with E-state index in [1.54, 1.807) is 6.92 Å². The second kappa shape index (κ2) is 2.64. The van der Waals surface area contributed by atoms with Gasteiger partial charge in [0.2, 0.25) is 6.43 Å². The van der Waals surface area contributed by atoms with Gasteiger partial charge in [-0.05, 0) is 6.42 Å². The molecule has 1 aliphatic rings. The summed E-state index contributed by atoms with van der Waals surface area (Å²) in [5.41, 5.74) is 0. The molecule has 0 N–H and O–H groups in total. The predicted octanol–water partition coefficient (Wildman–Crippen LogP) is 1.87. The molecule has 1 rings (SSSR count).